The first kappa shape index (κ1) is 16.1. The van der Waals surface area contributed by atoms with E-state index >= 15 is 0 Å². The lowest BCUT2D eigenvalue weighted by atomic mass is 10.00. The van der Waals surface area contributed by atoms with Crippen LogP contribution in [0.5, 0.6) is 0 Å². The van der Waals surface area contributed by atoms with E-state index in [0.717, 1.165) is 11.6 Å². The number of nitrogens with zero attached hydrogens (tertiary/aromatic N) is 1. The van der Waals surface area contributed by atoms with Gasteiger partial charge in [-0.1, -0.05) is 48.0 Å². The Bertz CT molecular complexity index is 767. The van der Waals surface area contributed by atoms with E-state index in [1.807, 2.05) is 24.4 Å². The van der Waals surface area contributed by atoms with Gasteiger partial charge in [0.05, 0.1) is 6.04 Å². The molecule has 0 fully saturated rings. The summed E-state index contributed by atoms with van der Waals surface area (Å²) in [6.45, 7) is 1.89. The van der Waals surface area contributed by atoms with Gasteiger partial charge in [0.1, 0.15) is 5.70 Å². The van der Waals surface area contributed by atoms with E-state index in [-0.39, 0.29) is 0 Å². The van der Waals surface area contributed by atoms with Crippen LogP contribution in [-0.2, 0) is 0 Å². The summed E-state index contributed by atoms with van der Waals surface area (Å²) in [6.07, 6.45) is -3.57. The minimum Gasteiger partial charge on any atom is -0.303 e. The molecular weight excluding hydrogens is 317 g/mol. The molecule has 1 heterocycles. The summed E-state index contributed by atoms with van der Waals surface area (Å²) >= 11 is 0. The van der Waals surface area contributed by atoms with Crippen molar-refractivity contribution in [3.05, 3.63) is 77.5 Å². The van der Waals surface area contributed by atoms with Crippen molar-refractivity contribution in [1.82, 2.24) is 5.32 Å². The number of hydrogen-bond donors (Lipinski definition) is 1. The summed E-state index contributed by atoms with van der Waals surface area (Å²) < 4.78 is 39.3. The SMILES string of the molecule is Cc1ccc(C2C=C(C(F)(F)F)NC(=O)N2c2ccccc2)cc1. The van der Waals surface area contributed by atoms with Crippen LogP contribution in [0.3, 0.4) is 0 Å². The molecule has 6 heteroatoms. The highest BCUT2D eigenvalue weighted by Gasteiger charge is 2.41. The van der Waals surface area contributed by atoms with E-state index in [2.05, 4.69) is 0 Å². The Morgan fingerprint density at radius 1 is 1.00 bits per heavy atom. The Balaban J connectivity index is 2.11. The van der Waals surface area contributed by atoms with Crippen LogP contribution < -0.4 is 10.2 Å². The fourth-order valence-electron chi connectivity index (χ4n) is 2.62. The molecular formula is C18H15F3N2O. The molecule has 124 valence electrons. The van der Waals surface area contributed by atoms with Crippen LogP contribution in [0.25, 0.3) is 0 Å². The summed E-state index contributed by atoms with van der Waals surface area (Å²) in [5.41, 5.74) is 1.09. The average Bonchev–Trinajstić information content (AvgIpc) is 2.55. The third kappa shape index (κ3) is 3.13. The minimum atomic E-state index is -4.61. The number of aryl methyl sites for hydroxylation is 1. The molecule has 1 atom stereocenters. The molecule has 0 aliphatic carbocycles. The van der Waals surface area contributed by atoms with E-state index in [9.17, 15) is 18.0 Å². The lowest BCUT2D eigenvalue weighted by Crippen LogP contribution is -2.48. The summed E-state index contributed by atoms with van der Waals surface area (Å²) in [7, 11) is 0. The van der Waals surface area contributed by atoms with Crippen LogP contribution in [0, 0.1) is 6.92 Å². The number of hydrogen-bond acceptors (Lipinski definition) is 1. The molecule has 1 aliphatic rings. The summed E-state index contributed by atoms with van der Waals surface area (Å²) in [5.74, 6) is 0. The maximum atomic E-state index is 13.1. The van der Waals surface area contributed by atoms with E-state index in [1.165, 1.54) is 4.90 Å². The van der Waals surface area contributed by atoms with Gasteiger partial charge in [-0.3, -0.25) is 4.90 Å². The first-order valence-corrected chi connectivity index (χ1v) is 7.37. The fraction of sp³-hybridized carbons (Fsp3) is 0.167. The number of alkyl halides is 3. The Hall–Kier alpha value is -2.76. The first-order chi connectivity index (χ1) is 11.4. The molecule has 0 saturated heterocycles. The zero-order valence-electron chi connectivity index (χ0n) is 12.8. The fourth-order valence-corrected chi connectivity index (χ4v) is 2.62. The number of amides is 2. The van der Waals surface area contributed by atoms with Gasteiger partial charge in [0.15, 0.2) is 0 Å². The normalized spacial score (nSPS) is 18.2. The number of para-hydroxylation sites is 1. The number of urea groups is 1. The van der Waals surface area contributed by atoms with Crippen LogP contribution in [0.2, 0.25) is 0 Å². The molecule has 0 aromatic heterocycles. The van der Waals surface area contributed by atoms with Crippen LogP contribution >= 0.6 is 0 Å². The van der Waals surface area contributed by atoms with Gasteiger partial charge in [-0.2, -0.15) is 13.2 Å². The second-order valence-electron chi connectivity index (χ2n) is 5.57. The van der Waals surface area contributed by atoms with Crippen molar-refractivity contribution in [2.75, 3.05) is 4.90 Å². The van der Waals surface area contributed by atoms with Gasteiger partial charge in [-0.25, -0.2) is 4.79 Å². The quantitative estimate of drug-likeness (QED) is 0.848. The van der Waals surface area contributed by atoms with Gasteiger partial charge in [-0.15, -0.1) is 0 Å². The second-order valence-corrected chi connectivity index (χ2v) is 5.57. The zero-order valence-corrected chi connectivity index (χ0v) is 12.8. The third-order valence-corrected chi connectivity index (χ3v) is 3.82. The first-order valence-electron chi connectivity index (χ1n) is 7.37. The van der Waals surface area contributed by atoms with Crippen molar-refractivity contribution < 1.29 is 18.0 Å². The highest BCUT2D eigenvalue weighted by Crippen LogP contribution is 2.36. The summed E-state index contributed by atoms with van der Waals surface area (Å²) in [4.78, 5) is 13.7. The Morgan fingerprint density at radius 3 is 2.21 bits per heavy atom. The van der Waals surface area contributed by atoms with Gasteiger partial charge >= 0.3 is 12.2 Å². The third-order valence-electron chi connectivity index (χ3n) is 3.82. The van der Waals surface area contributed by atoms with Gasteiger partial charge in [-0.05, 0) is 30.7 Å². The summed E-state index contributed by atoms with van der Waals surface area (Å²) in [6, 6.07) is 14.1. The van der Waals surface area contributed by atoms with E-state index in [4.69, 9.17) is 0 Å². The van der Waals surface area contributed by atoms with E-state index < -0.39 is 23.9 Å². The van der Waals surface area contributed by atoms with Crippen molar-refractivity contribution in [1.29, 1.82) is 0 Å². The smallest absolute Gasteiger partial charge is 0.303 e. The molecule has 2 aromatic rings. The van der Waals surface area contributed by atoms with Gasteiger partial charge in [0.2, 0.25) is 0 Å². The van der Waals surface area contributed by atoms with Crippen LogP contribution in [0.15, 0.2) is 66.4 Å². The number of carbonyl (C=O) groups is 1. The number of benzene rings is 2. The van der Waals surface area contributed by atoms with Crippen LogP contribution in [0.1, 0.15) is 17.2 Å². The summed E-state index contributed by atoms with van der Waals surface area (Å²) in [5, 5.41) is 1.94. The highest BCUT2D eigenvalue weighted by molar-refractivity contribution is 5.95. The molecule has 0 spiro atoms. The van der Waals surface area contributed by atoms with Crippen molar-refractivity contribution in [2.45, 2.75) is 19.1 Å². The largest absolute Gasteiger partial charge is 0.431 e. The molecule has 1 aliphatic heterocycles. The molecule has 0 radical (unpaired) electrons. The lowest BCUT2D eigenvalue weighted by molar-refractivity contribution is -0.0962. The monoisotopic (exact) mass is 332 g/mol. The number of allylic oxidation sites excluding steroid dienone is 1. The van der Waals surface area contributed by atoms with Crippen LogP contribution in [-0.4, -0.2) is 12.2 Å². The second kappa shape index (κ2) is 6.03. The highest BCUT2D eigenvalue weighted by atomic mass is 19.4. The molecule has 2 amide bonds. The van der Waals surface area contributed by atoms with E-state index in [0.29, 0.717) is 11.3 Å². The predicted molar refractivity (Wildman–Crippen MR) is 85.5 cm³/mol. The van der Waals surface area contributed by atoms with Gasteiger partial charge in [0, 0.05) is 5.69 Å². The topological polar surface area (TPSA) is 32.3 Å². The lowest BCUT2D eigenvalue weighted by Gasteiger charge is -2.35. The molecule has 0 bridgehead atoms. The average molecular weight is 332 g/mol. The predicted octanol–water partition coefficient (Wildman–Crippen LogP) is 4.71. The van der Waals surface area contributed by atoms with Gasteiger partial charge < -0.3 is 5.32 Å². The standard InChI is InChI=1S/C18H15F3N2O/c1-12-7-9-13(10-8-12)15-11-16(18(19,20)21)22-17(24)23(15)14-5-3-2-4-6-14/h2-11,15H,1H3,(H,22,24). The van der Waals surface area contributed by atoms with Crippen molar-refractivity contribution in [3.63, 3.8) is 0 Å². The molecule has 1 unspecified atom stereocenters. The Labute approximate surface area is 137 Å². The molecule has 24 heavy (non-hydrogen) atoms. The Morgan fingerprint density at radius 2 is 1.62 bits per heavy atom. The number of rotatable bonds is 2. The number of nitrogens with one attached hydrogen (secondary N) is 1. The van der Waals surface area contributed by atoms with Crippen molar-refractivity contribution >= 4 is 11.7 Å². The van der Waals surface area contributed by atoms with E-state index in [1.54, 1.807) is 42.5 Å². The Kier molecular flexibility index (Phi) is 4.05. The molecule has 3 rings (SSSR count). The molecule has 3 nitrogen and oxygen atoms in total. The maximum absolute atomic E-state index is 13.1. The van der Waals surface area contributed by atoms with Crippen LogP contribution in [0.4, 0.5) is 23.7 Å². The van der Waals surface area contributed by atoms with Crippen molar-refractivity contribution in [3.8, 4) is 0 Å². The van der Waals surface area contributed by atoms with Crippen molar-refractivity contribution in [2.24, 2.45) is 0 Å². The number of anilines is 1. The minimum absolute atomic E-state index is 0.526. The molecule has 0 saturated carbocycles. The maximum Gasteiger partial charge on any atom is 0.431 e. The number of carbonyl (C=O) groups excluding carboxylic acids is 1. The zero-order chi connectivity index (χ0) is 17.3. The number of halogens is 3. The molecule has 1 N–H and O–H groups in total. The molecule has 2 aromatic carbocycles. The van der Waals surface area contributed by atoms with Gasteiger partial charge in [0.25, 0.3) is 0 Å².